The van der Waals surface area contributed by atoms with Crippen molar-refractivity contribution in [3.8, 4) is 0 Å². The van der Waals surface area contributed by atoms with Crippen LogP contribution in [0.1, 0.15) is 46.2 Å². The Hall–Kier alpha value is -2.43. The highest BCUT2D eigenvalue weighted by molar-refractivity contribution is 5.97. The topological polar surface area (TPSA) is 83.5 Å². The largest absolute Gasteiger partial charge is 0.480 e. The number of hydrogen-bond donors (Lipinski definition) is 2. The van der Waals surface area contributed by atoms with Gasteiger partial charge in [-0.05, 0) is 30.5 Å². The summed E-state index contributed by atoms with van der Waals surface area (Å²) in [4.78, 5) is 33.7. The van der Waals surface area contributed by atoms with Gasteiger partial charge in [0.1, 0.15) is 6.04 Å². The maximum atomic E-state index is 11.6. The van der Waals surface area contributed by atoms with Crippen molar-refractivity contribution in [3.05, 3.63) is 47.5 Å². The number of nitrogens with one attached hydrogen (secondary N) is 1. The fourth-order valence-electron chi connectivity index (χ4n) is 2.05. The van der Waals surface area contributed by atoms with E-state index >= 15 is 0 Å². The molecule has 1 atom stereocenters. The van der Waals surface area contributed by atoms with Crippen LogP contribution in [0.4, 0.5) is 0 Å². The van der Waals surface area contributed by atoms with Gasteiger partial charge in [-0.3, -0.25) is 9.59 Å². The number of allylic oxidation sites excluding steroid dienone is 1. The summed E-state index contributed by atoms with van der Waals surface area (Å²) < 4.78 is 0. The number of aliphatic carboxylic acids is 1. The summed E-state index contributed by atoms with van der Waals surface area (Å²) >= 11 is 0. The van der Waals surface area contributed by atoms with Gasteiger partial charge in [0.25, 0.3) is 0 Å². The maximum Gasteiger partial charge on any atom is 0.326 e. The first kappa shape index (κ1) is 23.8. The van der Waals surface area contributed by atoms with Gasteiger partial charge in [0.15, 0.2) is 5.78 Å². The number of carbonyl (C=O) groups is 3. The third kappa shape index (κ3) is 8.88. The molecular weight excluding hydrogens is 306 g/mol. The van der Waals surface area contributed by atoms with Crippen molar-refractivity contribution in [2.75, 3.05) is 0 Å². The first-order valence-electron chi connectivity index (χ1n) is 7.22. The zero-order valence-corrected chi connectivity index (χ0v) is 12.8. The molecule has 2 N–H and O–H groups in total. The summed E-state index contributed by atoms with van der Waals surface area (Å²) in [6.07, 6.45) is 4.30. The number of hydrogen-bond acceptors (Lipinski definition) is 3. The van der Waals surface area contributed by atoms with Crippen LogP contribution in [0.2, 0.25) is 0 Å². The lowest BCUT2D eigenvalue weighted by Gasteiger charge is -2.14. The van der Waals surface area contributed by atoms with Crippen molar-refractivity contribution >= 4 is 17.7 Å². The van der Waals surface area contributed by atoms with Gasteiger partial charge in [-0.25, -0.2) is 4.79 Å². The SMILES string of the molecule is C.C.CCCc1cccc(C[C@@H](NC(=O)/C=C/C(C)=O)C(=O)O)c1. The molecule has 0 aliphatic carbocycles. The molecule has 0 bridgehead atoms. The van der Waals surface area contributed by atoms with E-state index in [4.69, 9.17) is 0 Å². The molecule has 5 heteroatoms. The molecule has 0 spiro atoms. The molecule has 0 unspecified atom stereocenters. The van der Waals surface area contributed by atoms with E-state index in [2.05, 4.69) is 12.2 Å². The van der Waals surface area contributed by atoms with Gasteiger partial charge in [0.2, 0.25) is 5.91 Å². The second kappa shape index (κ2) is 12.0. The summed E-state index contributed by atoms with van der Waals surface area (Å²) in [5, 5.41) is 11.6. The van der Waals surface area contributed by atoms with Crippen LogP contribution in [-0.2, 0) is 27.2 Å². The summed E-state index contributed by atoms with van der Waals surface area (Å²) in [5.41, 5.74) is 2.00. The molecule has 0 heterocycles. The molecular formula is C19H29NO4. The van der Waals surface area contributed by atoms with E-state index in [1.807, 2.05) is 24.3 Å². The van der Waals surface area contributed by atoms with Gasteiger partial charge in [-0.1, -0.05) is 52.5 Å². The van der Waals surface area contributed by atoms with E-state index in [9.17, 15) is 19.5 Å². The lowest BCUT2D eigenvalue weighted by Crippen LogP contribution is -2.41. The summed E-state index contributed by atoms with van der Waals surface area (Å²) in [6, 6.07) is 6.65. The number of carboxylic acids is 1. The van der Waals surface area contributed by atoms with Crippen LogP contribution in [0.5, 0.6) is 0 Å². The van der Waals surface area contributed by atoms with E-state index in [0.717, 1.165) is 36.1 Å². The van der Waals surface area contributed by atoms with Crippen LogP contribution in [0, 0.1) is 0 Å². The molecule has 1 rings (SSSR count). The predicted octanol–water partition coefficient (Wildman–Crippen LogP) is 3.17. The van der Waals surface area contributed by atoms with Crippen LogP contribution in [-0.4, -0.2) is 28.8 Å². The van der Waals surface area contributed by atoms with Gasteiger partial charge in [-0.2, -0.15) is 0 Å². The number of carbonyl (C=O) groups excluding carboxylic acids is 2. The minimum absolute atomic E-state index is 0. The molecule has 0 aromatic heterocycles. The van der Waals surface area contributed by atoms with E-state index < -0.39 is 17.9 Å². The molecule has 5 nitrogen and oxygen atoms in total. The number of benzene rings is 1. The normalized spacial score (nSPS) is 11.1. The number of ketones is 1. The Morgan fingerprint density at radius 2 is 1.79 bits per heavy atom. The number of rotatable bonds is 8. The molecule has 1 aromatic carbocycles. The molecule has 0 saturated heterocycles. The highest BCUT2D eigenvalue weighted by Crippen LogP contribution is 2.10. The zero-order chi connectivity index (χ0) is 16.5. The molecule has 1 aromatic rings. The Labute approximate surface area is 144 Å². The fourth-order valence-corrected chi connectivity index (χ4v) is 2.05. The minimum atomic E-state index is -1.11. The molecule has 0 fully saturated rings. The quantitative estimate of drug-likeness (QED) is 0.715. The average Bonchev–Trinajstić information content (AvgIpc) is 2.45. The van der Waals surface area contributed by atoms with E-state index in [1.165, 1.54) is 6.92 Å². The van der Waals surface area contributed by atoms with Crippen molar-refractivity contribution in [1.82, 2.24) is 5.32 Å². The summed E-state index contributed by atoms with van der Waals surface area (Å²) in [6.45, 7) is 3.39. The van der Waals surface area contributed by atoms with Crippen molar-refractivity contribution in [2.45, 2.75) is 54.0 Å². The van der Waals surface area contributed by atoms with E-state index in [-0.39, 0.29) is 27.1 Å². The number of aryl methyl sites for hydroxylation is 1. The zero-order valence-electron chi connectivity index (χ0n) is 12.8. The number of amides is 1. The Kier molecular flexibility index (Phi) is 12.0. The van der Waals surface area contributed by atoms with Crippen molar-refractivity contribution in [3.63, 3.8) is 0 Å². The Balaban J connectivity index is 0. The average molecular weight is 335 g/mol. The van der Waals surface area contributed by atoms with Gasteiger partial charge < -0.3 is 10.4 Å². The molecule has 0 aliphatic heterocycles. The van der Waals surface area contributed by atoms with Gasteiger partial charge >= 0.3 is 5.97 Å². The van der Waals surface area contributed by atoms with Gasteiger partial charge in [0, 0.05) is 12.5 Å². The van der Waals surface area contributed by atoms with Gasteiger partial charge in [-0.15, -0.1) is 0 Å². The molecule has 134 valence electrons. The van der Waals surface area contributed by atoms with E-state index in [0.29, 0.717) is 0 Å². The van der Waals surface area contributed by atoms with Crippen LogP contribution < -0.4 is 5.32 Å². The number of carboxylic acid groups (broad SMARTS) is 1. The highest BCUT2D eigenvalue weighted by atomic mass is 16.4. The minimum Gasteiger partial charge on any atom is -0.480 e. The first-order chi connectivity index (χ1) is 10.4. The first-order valence-corrected chi connectivity index (χ1v) is 7.22. The third-order valence-corrected chi connectivity index (χ3v) is 3.05. The molecule has 1 amide bonds. The Morgan fingerprint density at radius 1 is 1.17 bits per heavy atom. The van der Waals surface area contributed by atoms with E-state index in [1.54, 1.807) is 0 Å². The lowest BCUT2D eigenvalue weighted by atomic mass is 10.0. The fraction of sp³-hybridized carbons (Fsp3) is 0.421. The van der Waals surface area contributed by atoms with Crippen molar-refractivity contribution < 1.29 is 19.5 Å². The predicted molar refractivity (Wildman–Crippen MR) is 97.0 cm³/mol. The Bertz CT molecular complexity index is 578. The van der Waals surface area contributed by atoms with Crippen molar-refractivity contribution in [1.29, 1.82) is 0 Å². The summed E-state index contributed by atoms with van der Waals surface area (Å²) in [5.74, 6) is -1.97. The third-order valence-electron chi connectivity index (χ3n) is 3.05. The standard InChI is InChI=1S/C17H21NO4.2CH4/c1-3-5-13-6-4-7-14(10-13)11-15(17(21)22)18-16(20)9-8-12(2)19;;/h4,6-10,15H,3,5,11H2,1-2H3,(H,18,20)(H,21,22);2*1H4/b9-8+;;/t15-;;/m1../s1. The summed E-state index contributed by atoms with van der Waals surface area (Å²) in [7, 11) is 0. The maximum absolute atomic E-state index is 11.6. The van der Waals surface area contributed by atoms with Crippen LogP contribution in [0.25, 0.3) is 0 Å². The molecule has 0 saturated carbocycles. The molecule has 24 heavy (non-hydrogen) atoms. The van der Waals surface area contributed by atoms with Crippen LogP contribution >= 0.6 is 0 Å². The Morgan fingerprint density at radius 3 is 2.33 bits per heavy atom. The van der Waals surface area contributed by atoms with Gasteiger partial charge in [0.05, 0.1) is 0 Å². The molecule has 0 radical (unpaired) electrons. The van der Waals surface area contributed by atoms with Crippen LogP contribution in [0.3, 0.4) is 0 Å². The van der Waals surface area contributed by atoms with Crippen LogP contribution in [0.15, 0.2) is 36.4 Å². The lowest BCUT2D eigenvalue weighted by molar-refractivity contribution is -0.141. The molecule has 0 aliphatic rings. The highest BCUT2D eigenvalue weighted by Gasteiger charge is 2.19. The second-order valence-corrected chi connectivity index (χ2v) is 5.12. The smallest absolute Gasteiger partial charge is 0.326 e. The second-order valence-electron chi connectivity index (χ2n) is 5.12. The monoisotopic (exact) mass is 335 g/mol. The van der Waals surface area contributed by atoms with Crippen molar-refractivity contribution in [2.24, 2.45) is 0 Å².